The summed E-state index contributed by atoms with van der Waals surface area (Å²) in [7, 11) is 0. The number of carbonyl (C=O) groups is 2. The molecule has 1 aliphatic heterocycles. The number of hydrogen-bond donors (Lipinski definition) is 0. The zero-order valence-corrected chi connectivity index (χ0v) is 5.61. The van der Waals surface area contributed by atoms with Crippen LogP contribution in [0.1, 0.15) is 6.42 Å². The van der Waals surface area contributed by atoms with Crippen LogP contribution in [0.5, 0.6) is 0 Å². The molecular weight excluding hydrogens is 138 g/mol. The zero-order valence-electron chi connectivity index (χ0n) is 4.79. The van der Waals surface area contributed by atoms with Gasteiger partial charge in [-0.1, -0.05) is 0 Å². The first-order chi connectivity index (χ1) is 4.29. The molecule has 0 spiro atoms. The van der Waals surface area contributed by atoms with Crippen molar-refractivity contribution in [1.82, 2.24) is 5.32 Å². The van der Waals surface area contributed by atoms with Crippen LogP contribution < -0.4 is 5.32 Å². The van der Waals surface area contributed by atoms with E-state index in [0.717, 1.165) is 5.75 Å². The van der Waals surface area contributed by atoms with Crippen LogP contribution in [0.15, 0.2) is 0 Å². The van der Waals surface area contributed by atoms with E-state index >= 15 is 0 Å². The molecule has 0 aromatic carbocycles. The number of carbonyl (C=O) groups excluding carboxylic acids is 2. The first kappa shape index (κ1) is 6.61. The molecule has 0 aromatic rings. The first-order valence-electron chi connectivity index (χ1n) is 2.64. The molecule has 1 radical (unpaired) electrons. The van der Waals surface area contributed by atoms with Gasteiger partial charge >= 0.3 is 0 Å². The lowest BCUT2D eigenvalue weighted by atomic mass is 10.4. The maximum Gasteiger partial charge on any atom is 0.258 e. The summed E-state index contributed by atoms with van der Waals surface area (Å²) >= 11 is 1.46. The fourth-order valence-electron chi connectivity index (χ4n) is 0.546. The van der Waals surface area contributed by atoms with Crippen molar-refractivity contribution < 1.29 is 9.59 Å². The molecule has 2 amide bonds. The fourth-order valence-corrected chi connectivity index (χ4v) is 1.25. The highest BCUT2D eigenvalue weighted by molar-refractivity contribution is 8.00. The molecule has 1 heterocycles. The maximum atomic E-state index is 10.5. The maximum absolute atomic E-state index is 10.5. The van der Waals surface area contributed by atoms with E-state index in [1.54, 1.807) is 0 Å². The molecule has 0 unspecified atom stereocenters. The normalized spacial score (nSPS) is 20.9. The molecule has 0 saturated carbocycles. The molecule has 1 saturated heterocycles. The van der Waals surface area contributed by atoms with Gasteiger partial charge in [-0.05, 0) is 0 Å². The minimum absolute atomic E-state index is 0.273. The van der Waals surface area contributed by atoms with E-state index < -0.39 is 0 Å². The zero-order chi connectivity index (χ0) is 6.69. The van der Waals surface area contributed by atoms with E-state index in [1.165, 1.54) is 11.8 Å². The summed E-state index contributed by atoms with van der Waals surface area (Å²) in [6, 6.07) is 0. The number of nitrogens with zero attached hydrogens (tertiary/aromatic N) is 1. The Kier molecular flexibility index (Phi) is 2.10. The summed E-state index contributed by atoms with van der Waals surface area (Å²) < 4.78 is 0. The van der Waals surface area contributed by atoms with Crippen molar-refractivity contribution in [3.63, 3.8) is 0 Å². The molecule has 0 N–H and O–H groups in total. The third-order valence-corrected chi connectivity index (χ3v) is 1.88. The fraction of sp³-hybridized carbons (Fsp3) is 0.600. The number of imide groups is 1. The predicted octanol–water partition coefficient (Wildman–Crippen LogP) is -0.219. The van der Waals surface area contributed by atoms with Gasteiger partial charge in [0, 0.05) is 12.2 Å². The summed E-state index contributed by atoms with van der Waals surface area (Å²) in [5.41, 5.74) is 0. The molecule has 49 valence electrons. The molecule has 1 fully saturated rings. The van der Waals surface area contributed by atoms with E-state index in [2.05, 4.69) is 5.32 Å². The van der Waals surface area contributed by atoms with Crippen LogP contribution in [0.4, 0.5) is 0 Å². The Labute approximate surface area is 57.2 Å². The summed E-state index contributed by atoms with van der Waals surface area (Å²) in [6.07, 6.45) is 0.413. The van der Waals surface area contributed by atoms with E-state index in [1.807, 2.05) is 0 Å². The Bertz CT molecular complexity index is 130. The molecule has 0 bridgehead atoms. The highest BCUT2D eigenvalue weighted by Crippen LogP contribution is 2.05. The van der Waals surface area contributed by atoms with Crippen molar-refractivity contribution in [2.24, 2.45) is 0 Å². The standard InChI is InChI=1S/C5H6NO2S/c7-4-1-2-9-3-5(8)6-4/h1-3H2. The van der Waals surface area contributed by atoms with Crippen molar-refractivity contribution in [2.75, 3.05) is 11.5 Å². The number of hydrogen-bond acceptors (Lipinski definition) is 3. The SMILES string of the molecule is O=C1CCSCC(=O)[N]1. The molecule has 0 aromatic heterocycles. The molecule has 4 heteroatoms. The van der Waals surface area contributed by atoms with Crippen molar-refractivity contribution >= 4 is 23.6 Å². The van der Waals surface area contributed by atoms with Crippen LogP contribution in [-0.4, -0.2) is 23.3 Å². The Morgan fingerprint density at radius 1 is 1.33 bits per heavy atom. The van der Waals surface area contributed by atoms with Crippen molar-refractivity contribution in [1.29, 1.82) is 0 Å². The second kappa shape index (κ2) is 2.87. The van der Waals surface area contributed by atoms with Crippen molar-refractivity contribution in [3.8, 4) is 0 Å². The Hall–Kier alpha value is -0.510. The minimum Gasteiger partial charge on any atom is -0.272 e. The van der Waals surface area contributed by atoms with E-state index in [4.69, 9.17) is 0 Å². The number of amides is 2. The molecule has 1 rings (SSSR count). The monoisotopic (exact) mass is 144 g/mol. The summed E-state index contributed by atoms with van der Waals surface area (Å²) in [4.78, 5) is 21.0. The average Bonchev–Trinajstić information content (AvgIpc) is 1.93. The van der Waals surface area contributed by atoms with Crippen LogP contribution in [-0.2, 0) is 9.59 Å². The van der Waals surface area contributed by atoms with Gasteiger partial charge in [0.1, 0.15) is 0 Å². The van der Waals surface area contributed by atoms with Crippen LogP contribution in [0, 0.1) is 0 Å². The van der Waals surface area contributed by atoms with Gasteiger partial charge in [-0.25, -0.2) is 0 Å². The minimum atomic E-state index is -0.289. The third kappa shape index (κ3) is 2.05. The Balaban J connectivity index is 2.47. The number of rotatable bonds is 0. The van der Waals surface area contributed by atoms with Crippen LogP contribution in [0.25, 0.3) is 0 Å². The number of thioether (sulfide) groups is 1. The highest BCUT2D eigenvalue weighted by atomic mass is 32.2. The first-order valence-corrected chi connectivity index (χ1v) is 3.79. The Morgan fingerprint density at radius 3 is 2.89 bits per heavy atom. The predicted molar refractivity (Wildman–Crippen MR) is 34.1 cm³/mol. The summed E-state index contributed by atoms with van der Waals surface area (Å²) in [6.45, 7) is 0. The quantitative estimate of drug-likeness (QED) is 0.442. The molecule has 1 aliphatic rings. The van der Waals surface area contributed by atoms with Crippen LogP contribution in [0.3, 0.4) is 0 Å². The summed E-state index contributed by atoms with van der Waals surface area (Å²) in [5, 5.41) is 3.28. The third-order valence-electron chi connectivity index (χ3n) is 0.935. The van der Waals surface area contributed by atoms with Gasteiger partial charge in [0.15, 0.2) is 0 Å². The molecule has 0 aliphatic carbocycles. The Morgan fingerprint density at radius 2 is 2.11 bits per heavy atom. The lowest BCUT2D eigenvalue weighted by Gasteiger charge is -1.87. The second-order valence-electron chi connectivity index (χ2n) is 1.70. The van der Waals surface area contributed by atoms with Crippen LogP contribution >= 0.6 is 11.8 Å². The average molecular weight is 144 g/mol. The molecular formula is C5H6NO2S. The van der Waals surface area contributed by atoms with Gasteiger partial charge in [0.2, 0.25) is 5.91 Å². The van der Waals surface area contributed by atoms with Gasteiger partial charge in [0.25, 0.3) is 5.91 Å². The van der Waals surface area contributed by atoms with E-state index in [-0.39, 0.29) is 11.8 Å². The van der Waals surface area contributed by atoms with E-state index in [0.29, 0.717) is 12.2 Å². The largest absolute Gasteiger partial charge is 0.272 e. The lowest BCUT2D eigenvalue weighted by Crippen LogP contribution is -2.21. The van der Waals surface area contributed by atoms with E-state index in [9.17, 15) is 9.59 Å². The highest BCUT2D eigenvalue weighted by Gasteiger charge is 2.14. The smallest absolute Gasteiger partial charge is 0.258 e. The van der Waals surface area contributed by atoms with Gasteiger partial charge in [-0.3, -0.25) is 9.59 Å². The molecule has 3 nitrogen and oxygen atoms in total. The lowest BCUT2D eigenvalue weighted by molar-refractivity contribution is -0.128. The second-order valence-corrected chi connectivity index (χ2v) is 2.81. The van der Waals surface area contributed by atoms with Crippen molar-refractivity contribution in [2.45, 2.75) is 6.42 Å². The van der Waals surface area contributed by atoms with Gasteiger partial charge in [-0.2, -0.15) is 17.1 Å². The summed E-state index contributed by atoms with van der Waals surface area (Å²) in [5.74, 6) is 0.535. The topological polar surface area (TPSA) is 48.2 Å². The van der Waals surface area contributed by atoms with Crippen LogP contribution in [0.2, 0.25) is 0 Å². The van der Waals surface area contributed by atoms with Gasteiger partial charge in [0.05, 0.1) is 5.75 Å². The van der Waals surface area contributed by atoms with Crippen molar-refractivity contribution in [3.05, 3.63) is 0 Å². The van der Waals surface area contributed by atoms with Gasteiger partial charge in [-0.15, -0.1) is 0 Å². The van der Waals surface area contributed by atoms with Gasteiger partial charge < -0.3 is 0 Å². The molecule has 9 heavy (non-hydrogen) atoms. The molecule has 0 atom stereocenters.